The van der Waals surface area contributed by atoms with Crippen molar-refractivity contribution in [1.29, 1.82) is 5.41 Å². The molecule has 2 aromatic rings. The molecule has 0 spiro atoms. The molecule has 27 heavy (non-hydrogen) atoms. The Labute approximate surface area is 161 Å². The lowest BCUT2D eigenvalue weighted by molar-refractivity contribution is -0.118. The Bertz CT molecular complexity index is 776. The summed E-state index contributed by atoms with van der Waals surface area (Å²) < 4.78 is 0. The van der Waals surface area contributed by atoms with E-state index in [1.165, 1.54) is 19.1 Å². The van der Waals surface area contributed by atoms with E-state index in [0.717, 1.165) is 66.9 Å². The van der Waals surface area contributed by atoms with Gasteiger partial charge in [0.05, 0.1) is 11.9 Å². The highest BCUT2D eigenvalue weighted by molar-refractivity contribution is 5.88. The van der Waals surface area contributed by atoms with Crippen molar-refractivity contribution in [3.63, 3.8) is 0 Å². The summed E-state index contributed by atoms with van der Waals surface area (Å²) in [5, 5.41) is 11.2. The van der Waals surface area contributed by atoms with E-state index in [1.54, 1.807) is 0 Å². The third-order valence-corrected chi connectivity index (χ3v) is 5.10. The minimum Gasteiger partial charge on any atom is -0.382 e. The highest BCUT2D eigenvalue weighted by Gasteiger charge is 2.21. The van der Waals surface area contributed by atoms with Crippen molar-refractivity contribution < 1.29 is 4.79 Å². The van der Waals surface area contributed by atoms with Crippen LogP contribution in [0.3, 0.4) is 0 Å². The number of carbonyl (C=O) groups excluding carboxylic acids is 1. The number of imidazole rings is 1. The van der Waals surface area contributed by atoms with Gasteiger partial charge in [0.15, 0.2) is 0 Å². The molecule has 1 aromatic carbocycles. The average molecular weight is 367 g/mol. The van der Waals surface area contributed by atoms with Crippen molar-refractivity contribution in [2.75, 3.05) is 5.32 Å². The highest BCUT2D eigenvalue weighted by Crippen LogP contribution is 2.29. The second-order valence-electron chi connectivity index (χ2n) is 7.41. The van der Waals surface area contributed by atoms with Crippen molar-refractivity contribution in [1.82, 2.24) is 9.97 Å². The summed E-state index contributed by atoms with van der Waals surface area (Å²) in [6.45, 7) is 1.93. The molecule has 0 saturated heterocycles. The number of hydrogen-bond acceptors (Lipinski definition) is 4. The molecule has 144 valence electrons. The van der Waals surface area contributed by atoms with Crippen LogP contribution in [0.4, 0.5) is 5.69 Å². The van der Waals surface area contributed by atoms with Crippen LogP contribution in [0.5, 0.6) is 0 Å². The Hall–Kier alpha value is -2.43. The summed E-state index contributed by atoms with van der Waals surface area (Å²) in [4.78, 5) is 19.2. The third-order valence-electron chi connectivity index (χ3n) is 5.10. The van der Waals surface area contributed by atoms with E-state index in [0.29, 0.717) is 18.2 Å². The number of unbranched alkanes of at least 4 members (excludes halogenated alkanes) is 3. The van der Waals surface area contributed by atoms with Crippen molar-refractivity contribution in [3.8, 4) is 11.3 Å². The Morgan fingerprint density at radius 3 is 2.85 bits per heavy atom. The van der Waals surface area contributed by atoms with Crippen LogP contribution in [0, 0.1) is 5.41 Å². The summed E-state index contributed by atoms with van der Waals surface area (Å²) in [6, 6.07) is 6.76. The van der Waals surface area contributed by atoms with Gasteiger partial charge >= 0.3 is 0 Å². The molecule has 0 aliphatic heterocycles. The van der Waals surface area contributed by atoms with Gasteiger partial charge in [-0.2, -0.15) is 0 Å². The first-order valence-corrected chi connectivity index (χ1v) is 10.2. The number of ketones is 1. The van der Waals surface area contributed by atoms with Crippen LogP contribution in [-0.4, -0.2) is 28.0 Å². The Morgan fingerprint density at radius 2 is 2.11 bits per heavy atom. The molecule has 0 atom stereocenters. The van der Waals surface area contributed by atoms with Crippen LogP contribution in [0.15, 0.2) is 24.4 Å². The first-order valence-electron chi connectivity index (χ1n) is 10.2. The van der Waals surface area contributed by atoms with E-state index in [-0.39, 0.29) is 0 Å². The molecule has 5 nitrogen and oxygen atoms in total. The zero-order valence-electron chi connectivity index (χ0n) is 16.2. The fourth-order valence-corrected chi connectivity index (χ4v) is 3.21. The standard InChI is InChI=1S/C22H30N4O/c1-2-19(27)7-5-3-4-6-8-22-24-15-21(26-22)16-9-12-20(17(13-16)14-23)25-18-10-11-18/h9,12-15,18,23,25H,2-8,10-11H2,1H3,(H,24,26). The van der Waals surface area contributed by atoms with E-state index in [4.69, 9.17) is 5.41 Å². The van der Waals surface area contributed by atoms with Crippen LogP contribution < -0.4 is 5.32 Å². The number of aromatic amines is 1. The molecule has 1 aliphatic carbocycles. The Kier molecular flexibility index (Phi) is 6.80. The number of aryl methyl sites for hydroxylation is 1. The number of carbonyl (C=O) groups is 1. The first-order chi connectivity index (χ1) is 13.2. The van der Waals surface area contributed by atoms with Gasteiger partial charge in [0.2, 0.25) is 0 Å². The number of aromatic nitrogens is 2. The molecular formula is C22H30N4O. The fourth-order valence-electron chi connectivity index (χ4n) is 3.21. The maximum Gasteiger partial charge on any atom is 0.132 e. The lowest BCUT2D eigenvalue weighted by atomic mass is 10.1. The Balaban J connectivity index is 1.49. The van der Waals surface area contributed by atoms with Gasteiger partial charge in [-0.3, -0.25) is 4.79 Å². The summed E-state index contributed by atoms with van der Waals surface area (Å²) in [5.41, 5.74) is 4.01. The fraction of sp³-hybridized carbons (Fsp3) is 0.500. The molecule has 3 N–H and O–H groups in total. The quantitative estimate of drug-likeness (QED) is 0.360. The van der Waals surface area contributed by atoms with Crippen LogP contribution >= 0.6 is 0 Å². The van der Waals surface area contributed by atoms with Crippen LogP contribution in [0.2, 0.25) is 0 Å². The molecule has 1 fully saturated rings. The number of nitrogens with one attached hydrogen (secondary N) is 3. The predicted molar refractivity (Wildman–Crippen MR) is 111 cm³/mol. The SMILES string of the molecule is CCC(=O)CCCCCCc1ncc(-c2ccc(NC3CC3)c(C=N)c2)[nH]1. The zero-order chi connectivity index (χ0) is 19.1. The minimum absolute atomic E-state index is 0.369. The van der Waals surface area contributed by atoms with E-state index >= 15 is 0 Å². The van der Waals surface area contributed by atoms with E-state index in [2.05, 4.69) is 27.4 Å². The van der Waals surface area contributed by atoms with E-state index in [1.807, 2.05) is 19.2 Å². The smallest absolute Gasteiger partial charge is 0.132 e. The predicted octanol–water partition coefficient (Wildman–Crippen LogP) is 5.12. The number of Topliss-reactive ketones (excluding diaryl/α,β-unsaturated/α-hetero) is 1. The molecule has 1 aliphatic rings. The molecule has 1 aromatic heterocycles. The first kappa shape index (κ1) is 19.3. The second-order valence-corrected chi connectivity index (χ2v) is 7.41. The normalized spacial score (nSPS) is 13.5. The Morgan fingerprint density at radius 1 is 1.30 bits per heavy atom. The van der Waals surface area contributed by atoms with Gasteiger partial charge < -0.3 is 15.7 Å². The number of nitrogens with zero attached hydrogens (tertiary/aromatic N) is 1. The van der Waals surface area contributed by atoms with Gasteiger partial charge in [-0.1, -0.05) is 25.8 Å². The number of rotatable bonds is 12. The molecule has 0 amide bonds. The maximum atomic E-state index is 11.3. The van der Waals surface area contributed by atoms with Crippen molar-refractivity contribution in [2.24, 2.45) is 0 Å². The number of benzene rings is 1. The van der Waals surface area contributed by atoms with Crippen LogP contribution in [0.25, 0.3) is 11.3 Å². The molecule has 1 heterocycles. The highest BCUT2D eigenvalue weighted by atomic mass is 16.1. The molecule has 0 radical (unpaired) electrons. The van der Waals surface area contributed by atoms with Gasteiger partial charge in [-0.15, -0.1) is 0 Å². The summed E-state index contributed by atoms with van der Waals surface area (Å²) in [7, 11) is 0. The molecular weight excluding hydrogens is 336 g/mol. The largest absolute Gasteiger partial charge is 0.382 e. The van der Waals surface area contributed by atoms with Gasteiger partial charge in [0.1, 0.15) is 11.6 Å². The third kappa shape index (κ3) is 5.78. The number of anilines is 1. The molecule has 3 rings (SSSR count). The second kappa shape index (κ2) is 9.49. The van der Waals surface area contributed by atoms with Crippen molar-refractivity contribution >= 4 is 17.7 Å². The van der Waals surface area contributed by atoms with Crippen LogP contribution in [-0.2, 0) is 11.2 Å². The van der Waals surface area contributed by atoms with E-state index < -0.39 is 0 Å². The molecule has 5 heteroatoms. The number of H-pyrrole nitrogens is 1. The molecule has 0 unspecified atom stereocenters. The average Bonchev–Trinajstić information content (AvgIpc) is 3.38. The van der Waals surface area contributed by atoms with Gasteiger partial charge in [0, 0.05) is 48.3 Å². The lowest BCUT2D eigenvalue weighted by Gasteiger charge is -2.09. The zero-order valence-corrected chi connectivity index (χ0v) is 16.2. The maximum absolute atomic E-state index is 11.3. The summed E-state index contributed by atoms with van der Waals surface area (Å²) in [6.07, 6.45) is 12.4. The summed E-state index contributed by atoms with van der Waals surface area (Å²) >= 11 is 0. The van der Waals surface area contributed by atoms with Crippen molar-refractivity contribution in [3.05, 3.63) is 35.8 Å². The van der Waals surface area contributed by atoms with Crippen molar-refractivity contribution in [2.45, 2.75) is 70.8 Å². The van der Waals surface area contributed by atoms with Crippen LogP contribution in [0.1, 0.15) is 69.7 Å². The molecule has 1 saturated carbocycles. The number of hydrogen-bond donors (Lipinski definition) is 3. The monoisotopic (exact) mass is 366 g/mol. The van der Waals surface area contributed by atoms with E-state index in [9.17, 15) is 4.79 Å². The summed E-state index contributed by atoms with van der Waals surface area (Å²) in [5.74, 6) is 1.37. The van der Waals surface area contributed by atoms with Gasteiger partial charge in [-0.25, -0.2) is 4.98 Å². The molecule has 0 bridgehead atoms. The lowest BCUT2D eigenvalue weighted by Crippen LogP contribution is -2.03. The minimum atomic E-state index is 0.369. The topological polar surface area (TPSA) is 81.6 Å². The van der Waals surface area contributed by atoms with Gasteiger partial charge in [-0.05, 0) is 37.8 Å². The van der Waals surface area contributed by atoms with Gasteiger partial charge in [0.25, 0.3) is 0 Å².